The van der Waals surface area contributed by atoms with Crippen LogP contribution in [0.3, 0.4) is 0 Å². The Bertz CT molecular complexity index is 582. The van der Waals surface area contributed by atoms with Gasteiger partial charge in [0, 0.05) is 38.8 Å². The second kappa shape index (κ2) is 12.1. The number of hydrogen-bond donors (Lipinski definition) is 2. The van der Waals surface area contributed by atoms with Crippen LogP contribution in [-0.4, -0.2) is 91.0 Å². The molecule has 30 heavy (non-hydrogen) atoms. The molecule has 2 saturated heterocycles. The van der Waals surface area contributed by atoms with Gasteiger partial charge in [-0.25, -0.2) is 4.79 Å². The summed E-state index contributed by atoms with van der Waals surface area (Å²) in [5, 5.41) is 5.91. The Morgan fingerprint density at radius 1 is 1.13 bits per heavy atom. The van der Waals surface area contributed by atoms with E-state index in [1.165, 1.54) is 30.6 Å². The number of halogens is 1. The van der Waals surface area contributed by atoms with E-state index in [4.69, 9.17) is 0 Å². The van der Waals surface area contributed by atoms with Crippen LogP contribution in [0.1, 0.15) is 46.5 Å². The van der Waals surface area contributed by atoms with Gasteiger partial charge in [-0.2, -0.15) is 0 Å². The van der Waals surface area contributed by atoms with Gasteiger partial charge in [0.15, 0.2) is 5.96 Å². The van der Waals surface area contributed by atoms with Crippen molar-refractivity contribution in [1.29, 1.82) is 0 Å². The van der Waals surface area contributed by atoms with E-state index in [1.807, 2.05) is 0 Å². The van der Waals surface area contributed by atoms with Crippen molar-refractivity contribution in [2.24, 2.45) is 16.8 Å². The molecule has 3 aliphatic rings. The lowest BCUT2D eigenvalue weighted by atomic mass is 9.79. The zero-order valence-electron chi connectivity index (χ0n) is 18.7. The average Bonchev–Trinajstić information content (AvgIpc) is 3.05. The van der Waals surface area contributed by atoms with E-state index in [-0.39, 0.29) is 42.5 Å². The second-order valence-electron chi connectivity index (χ2n) is 8.78. The number of guanidine groups is 1. The molecule has 172 valence electrons. The summed E-state index contributed by atoms with van der Waals surface area (Å²) in [6.07, 6.45) is 5.41. The lowest BCUT2D eigenvalue weighted by molar-refractivity contribution is -0.124. The molecule has 3 rings (SSSR count). The Labute approximate surface area is 198 Å². The molecular formula is C21H39IN6O2. The Morgan fingerprint density at radius 3 is 2.33 bits per heavy atom. The third-order valence-electron chi connectivity index (χ3n) is 6.67. The first-order valence-electron chi connectivity index (χ1n) is 11.3. The van der Waals surface area contributed by atoms with Gasteiger partial charge < -0.3 is 15.5 Å². The summed E-state index contributed by atoms with van der Waals surface area (Å²) in [4.78, 5) is 34.2. The van der Waals surface area contributed by atoms with E-state index in [2.05, 4.69) is 46.2 Å². The normalized spacial score (nSPS) is 26.1. The van der Waals surface area contributed by atoms with Crippen LogP contribution in [0.15, 0.2) is 4.99 Å². The van der Waals surface area contributed by atoms with Gasteiger partial charge in [0.1, 0.15) is 0 Å². The van der Waals surface area contributed by atoms with Crippen LogP contribution in [0, 0.1) is 11.8 Å². The molecule has 2 aliphatic heterocycles. The third-order valence-corrected chi connectivity index (χ3v) is 6.67. The second-order valence-corrected chi connectivity index (χ2v) is 8.78. The first kappa shape index (κ1) is 25.2. The molecule has 0 spiro atoms. The molecule has 3 fully saturated rings. The molecule has 0 bridgehead atoms. The highest BCUT2D eigenvalue weighted by molar-refractivity contribution is 14.0. The Balaban J connectivity index is 0.00000320. The number of carbonyl (C=O) groups excluding carboxylic acids is 2. The summed E-state index contributed by atoms with van der Waals surface area (Å²) < 4.78 is 0. The first-order chi connectivity index (χ1) is 14.0. The molecule has 1 saturated carbocycles. The molecule has 9 heteroatoms. The fourth-order valence-electron chi connectivity index (χ4n) is 4.80. The number of carbonyl (C=O) groups is 2. The van der Waals surface area contributed by atoms with Crippen molar-refractivity contribution in [2.75, 3.05) is 52.4 Å². The van der Waals surface area contributed by atoms with Crippen LogP contribution >= 0.6 is 24.0 Å². The molecule has 1 aliphatic carbocycles. The first-order valence-corrected chi connectivity index (χ1v) is 11.3. The fraction of sp³-hybridized carbons (Fsp3) is 0.857. The van der Waals surface area contributed by atoms with E-state index < -0.39 is 0 Å². The highest BCUT2D eigenvalue weighted by Crippen LogP contribution is 2.32. The van der Waals surface area contributed by atoms with Gasteiger partial charge in [-0.1, -0.05) is 13.8 Å². The van der Waals surface area contributed by atoms with E-state index in [9.17, 15) is 9.59 Å². The molecule has 0 aromatic heterocycles. The monoisotopic (exact) mass is 534 g/mol. The maximum atomic E-state index is 11.7. The summed E-state index contributed by atoms with van der Waals surface area (Å²) >= 11 is 0. The van der Waals surface area contributed by atoms with Crippen LogP contribution in [0.4, 0.5) is 4.79 Å². The lowest BCUT2D eigenvalue weighted by Crippen LogP contribution is -2.55. The maximum absolute atomic E-state index is 11.7. The van der Waals surface area contributed by atoms with E-state index in [0.29, 0.717) is 13.1 Å². The number of hydrogen-bond acceptors (Lipinski definition) is 4. The minimum absolute atomic E-state index is 0. The standard InChI is InChI=1S/C21H38N6O2.HI/c1-4-22-20(23-9-10-27-19(28)15-24-21(27)29)26-13-11-25(12-14-26)18-7-5-17(6-8-18)16(2)3;/h16-18H,4-15H2,1-3H3,(H,22,23)(H,24,29);1H. The van der Waals surface area contributed by atoms with Gasteiger partial charge >= 0.3 is 6.03 Å². The van der Waals surface area contributed by atoms with E-state index in [1.54, 1.807) is 0 Å². The van der Waals surface area contributed by atoms with Gasteiger partial charge in [0.2, 0.25) is 5.91 Å². The highest BCUT2D eigenvalue weighted by Gasteiger charge is 2.30. The number of rotatable bonds is 6. The molecular weight excluding hydrogens is 495 g/mol. The van der Waals surface area contributed by atoms with Crippen molar-refractivity contribution in [3.05, 3.63) is 0 Å². The SMILES string of the molecule is CCNC(=NCCN1C(=O)CNC1=O)N1CCN(C2CCC(C(C)C)CC2)CC1.I. The molecule has 2 N–H and O–H groups in total. The van der Waals surface area contributed by atoms with Gasteiger partial charge in [-0.15, -0.1) is 24.0 Å². The van der Waals surface area contributed by atoms with Gasteiger partial charge in [0.05, 0.1) is 19.6 Å². The van der Waals surface area contributed by atoms with Gasteiger partial charge in [-0.05, 0) is 44.4 Å². The number of nitrogens with one attached hydrogen (secondary N) is 2. The topological polar surface area (TPSA) is 80.3 Å². The molecule has 0 radical (unpaired) electrons. The van der Waals surface area contributed by atoms with Crippen molar-refractivity contribution in [2.45, 2.75) is 52.5 Å². The minimum Gasteiger partial charge on any atom is -0.357 e. The fourth-order valence-corrected chi connectivity index (χ4v) is 4.80. The Morgan fingerprint density at radius 2 is 1.80 bits per heavy atom. The Hall–Kier alpha value is -1.10. The Kier molecular flexibility index (Phi) is 10.1. The number of amides is 3. The van der Waals surface area contributed by atoms with Crippen molar-refractivity contribution in [3.63, 3.8) is 0 Å². The molecule has 0 atom stereocenters. The summed E-state index contributed by atoms with van der Waals surface area (Å²) in [5.74, 6) is 2.44. The van der Waals surface area contributed by atoms with Gasteiger partial charge in [0.25, 0.3) is 0 Å². The number of imide groups is 1. The quantitative estimate of drug-likeness (QED) is 0.236. The van der Waals surface area contributed by atoms with Crippen LogP contribution in [0.25, 0.3) is 0 Å². The van der Waals surface area contributed by atoms with E-state index in [0.717, 1.165) is 56.6 Å². The zero-order valence-corrected chi connectivity index (χ0v) is 21.1. The summed E-state index contributed by atoms with van der Waals surface area (Å²) in [6.45, 7) is 12.6. The predicted molar refractivity (Wildman–Crippen MR) is 130 cm³/mol. The molecule has 8 nitrogen and oxygen atoms in total. The van der Waals surface area contributed by atoms with Crippen molar-refractivity contribution in [1.82, 2.24) is 25.3 Å². The minimum atomic E-state index is -0.309. The molecule has 3 amide bonds. The molecule has 2 heterocycles. The molecule has 0 unspecified atom stereocenters. The third kappa shape index (κ3) is 6.45. The van der Waals surface area contributed by atoms with Crippen molar-refractivity contribution in [3.8, 4) is 0 Å². The molecule has 0 aromatic carbocycles. The number of piperazine rings is 1. The van der Waals surface area contributed by atoms with Gasteiger partial charge in [-0.3, -0.25) is 19.6 Å². The van der Waals surface area contributed by atoms with Crippen LogP contribution in [0.2, 0.25) is 0 Å². The summed E-state index contributed by atoms with van der Waals surface area (Å²) in [6, 6.07) is 0.433. The number of aliphatic imine (C=N–C) groups is 1. The predicted octanol–water partition coefficient (Wildman–Crippen LogP) is 1.95. The smallest absolute Gasteiger partial charge is 0.324 e. The number of urea groups is 1. The highest BCUT2D eigenvalue weighted by atomic mass is 127. The van der Waals surface area contributed by atoms with Crippen LogP contribution in [0.5, 0.6) is 0 Å². The van der Waals surface area contributed by atoms with Crippen LogP contribution < -0.4 is 10.6 Å². The average molecular weight is 534 g/mol. The van der Waals surface area contributed by atoms with E-state index >= 15 is 0 Å². The van der Waals surface area contributed by atoms with Crippen molar-refractivity contribution < 1.29 is 9.59 Å². The lowest BCUT2D eigenvalue weighted by Gasteiger charge is -2.43. The zero-order chi connectivity index (χ0) is 20.8. The largest absolute Gasteiger partial charge is 0.357 e. The maximum Gasteiger partial charge on any atom is 0.324 e. The summed E-state index contributed by atoms with van der Waals surface area (Å²) in [7, 11) is 0. The number of nitrogens with zero attached hydrogens (tertiary/aromatic N) is 4. The molecule has 0 aromatic rings. The van der Waals surface area contributed by atoms with Crippen molar-refractivity contribution >= 4 is 41.9 Å². The van der Waals surface area contributed by atoms with Crippen LogP contribution in [-0.2, 0) is 4.79 Å². The summed E-state index contributed by atoms with van der Waals surface area (Å²) in [5.41, 5.74) is 0.